The summed E-state index contributed by atoms with van der Waals surface area (Å²) in [4.78, 5) is 21.0. The Morgan fingerprint density at radius 1 is 1.10 bits per heavy atom. The summed E-state index contributed by atoms with van der Waals surface area (Å²) < 4.78 is 5.57. The van der Waals surface area contributed by atoms with E-state index in [1.807, 2.05) is 18.2 Å². The van der Waals surface area contributed by atoms with Crippen LogP contribution >= 0.6 is 11.6 Å². The Hall–Kier alpha value is -3.36. The highest BCUT2D eigenvalue weighted by atomic mass is 35.5. The van der Waals surface area contributed by atoms with Crippen molar-refractivity contribution in [3.63, 3.8) is 0 Å². The zero-order valence-corrected chi connectivity index (χ0v) is 17.6. The molecular formula is C22H21ClN6O2. The van der Waals surface area contributed by atoms with Gasteiger partial charge in [0, 0.05) is 13.1 Å². The van der Waals surface area contributed by atoms with Gasteiger partial charge in [-0.1, -0.05) is 23.7 Å². The second kappa shape index (κ2) is 8.05. The molecule has 0 unspecified atom stereocenters. The average molecular weight is 437 g/mol. The minimum absolute atomic E-state index is 0.117. The van der Waals surface area contributed by atoms with Gasteiger partial charge in [0.2, 0.25) is 5.95 Å². The lowest BCUT2D eigenvalue weighted by atomic mass is 10.00. The van der Waals surface area contributed by atoms with Crippen molar-refractivity contribution in [3.05, 3.63) is 63.8 Å². The Morgan fingerprint density at radius 2 is 2.00 bits per heavy atom. The van der Waals surface area contributed by atoms with E-state index in [9.17, 15) is 4.79 Å². The molecule has 0 bridgehead atoms. The number of benzene rings is 2. The normalized spacial score (nSPS) is 14.5. The van der Waals surface area contributed by atoms with E-state index in [2.05, 4.69) is 43.4 Å². The van der Waals surface area contributed by atoms with Gasteiger partial charge in [-0.25, -0.2) is 4.98 Å². The number of hydrogen-bond acceptors (Lipinski definition) is 7. The standard InChI is InChI=1S/C22H21ClN6O2/c1-31-18-8-12-5-6-24-9-14(12)7-17(18)28-22-26-11-15(23)20(29-22)27-16-4-2-3-13-10-25-21(30)19(13)16/h2-4,7-8,11,24H,5-6,9-10H2,1H3,(H,25,30)(H2,26,27,28,29). The smallest absolute Gasteiger partial charge is 0.254 e. The van der Waals surface area contributed by atoms with Crippen LogP contribution in [0, 0.1) is 0 Å². The van der Waals surface area contributed by atoms with E-state index in [4.69, 9.17) is 16.3 Å². The summed E-state index contributed by atoms with van der Waals surface area (Å²) in [6.45, 7) is 2.28. The van der Waals surface area contributed by atoms with Gasteiger partial charge in [0.25, 0.3) is 5.91 Å². The topological polar surface area (TPSA) is 100 Å². The Morgan fingerprint density at radius 3 is 2.87 bits per heavy atom. The molecule has 0 radical (unpaired) electrons. The first-order valence-corrected chi connectivity index (χ1v) is 10.4. The molecule has 0 fully saturated rings. The summed E-state index contributed by atoms with van der Waals surface area (Å²) in [6.07, 6.45) is 2.49. The van der Waals surface area contributed by atoms with Crippen molar-refractivity contribution in [2.45, 2.75) is 19.5 Å². The van der Waals surface area contributed by atoms with E-state index in [0.717, 1.165) is 36.5 Å². The van der Waals surface area contributed by atoms with E-state index in [0.29, 0.717) is 34.6 Å². The first kappa shape index (κ1) is 19.6. The molecule has 8 nitrogen and oxygen atoms in total. The van der Waals surface area contributed by atoms with Crippen molar-refractivity contribution in [3.8, 4) is 5.75 Å². The molecule has 1 aromatic heterocycles. The Bertz CT molecular complexity index is 1180. The Labute approximate surface area is 184 Å². The van der Waals surface area contributed by atoms with Crippen molar-refractivity contribution >= 4 is 40.6 Å². The van der Waals surface area contributed by atoms with Crippen LogP contribution in [0.4, 0.5) is 23.1 Å². The van der Waals surface area contributed by atoms with Crippen LogP contribution in [-0.4, -0.2) is 29.5 Å². The van der Waals surface area contributed by atoms with E-state index in [-0.39, 0.29) is 5.91 Å². The quantitative estimate of drug-likeness (QED) is 0.485. The van der Waals surface area contributed by atoms with E-state index in [1.165, 1.54) is 17.3 Å². The third-order valence-electron chi connectivity index (χ3n) is 5.47. The number of methoxy groups -OCH3 is 1. The minimum atomic E-state index is -0.117. The second-order valence-electron chi connectivity index (χ2n) is 7.41. The highest BCUT2D eigenvalue weighted by Crippen LogP contribution is 2.33. The van der Waals surface area contributed by atoms with Crippen LogP contribution in [0.25, 0.3) is 0 Å². The van der Waals surface area contributed by atoms with Gasteiger partial charge in [-0.15, -0.1) is 0 Å². The molecule has 0 saturated carbocycles. The molecule has 158 valence electrons. The van der Waals surface area contributed by atoms with Crippen LogP contribution in [0.2, 0.25) is 5.02 Å². The molecular weight excluding hydrogens is 416 g/mol. The number of carbonyl (C=O) groups excluding carboxylic acids is 1. The third-order valence-corrected chi connectivity index (χ3v) is 5.75. The number of ether oxygens (including phenoxy) is 1. The molecule has 2 aliphatic heterocycles. The van der Waals surface area contributed by atoms with Gasteiger partial charge in [-0.3, -0.25) is 4.79 Å². The Balaban J connectivity index is 1.45. The third kappa shape index (κ3) is 3.75. The van der Waals surface area contributed by atoms with Gasteiger partial charge in [0.05, 0.1) is 30.2 Å². The fraction of sp³-hybridized carbons (Fsp3) is 0.227. The molecule has 0 spiro atoms. The largest absolute Gasteiger partial charge is 0.495 e. The SMILES string of the molecule is COc1cc2c(cc1Nc1ncc(Cl)c(Nc3cccc4c3C(=O)NC4)n1)CNCC2. The molecule has 5 rings (SSSR count). The lowest BCUT2D eigenvalue weighted by Crippen LogP contribution is -2.23. The maximum absolute atomic E-state index is 12.2. The fourth-order valence-electron chi connectivity index (χ4n) is 3.92. The van der Waals surface area contributed by atoms with Crippen LogP contribution < -0.4 is 26.0 Å². The summed E-state index contributed by atoms with van der Waals surface area (Å²) in [7, 11) is 1.64. The lowest BCUT2D eigenvalue weighted by Gasteiger charge is -2.20. The number of nitrogens with zero attached hydrogens (tertiary/aromatic N) is 2. The summed E-state index contributed by atoms with van der Waals surface area (Å²) in [5.41, 5.74) is 5.46. The van der Waals surface area contributed by atoms with Gasteiger partial charge < -0.3 is 26.0 Å². The summed E-state index contributed by atoms with van der Waals surface area (Å²) in [5, 5.41) is 13.0. The number of aromatic nitrogens is 2. The van der Waals surface area contributed by atoms with E-state index < -0.39 is 0 Å². The number of fused-ring (bicyclic) bond motifs is 2. The summed E-state index contributed by atoms with van der Waals surface area (Å²) >= 11 is 6.34. The maximum atomic E-state index is 12.2. The molecule has 3 aromatic rings. The number of anilines is 4. The van der Waals surface area contributed by atoms with Gasteiger partial charge in [-0.05, 0) is 47.9 Å². The van der Waals surface area contributed by atoms with Crippen molar-refractivity contribution in [1.82, 2.24) is 20.6 Å². The van der Waals surface area contributed by atoms with Gasteiger partial charge in [0.15, 0.2) is 5.82 Å². The number of amides is 1. The maximum Gasteiger partial charge on any atom is 0.254 e. The van der Waals surface area contributed by atoms with Gasteiger partial charge >= 0.3 is 0 Å². The van der Waals surface area contributed by atoms with Gasteiger partial charge in [-0.2, -0.15) is 4.98 Å². The molecule has 0 atom stereocenters. The molecule has 9 heteroatoms. The van der Waals surface area contributed by atoms with E-state index >= 15 is 0 Å². The Kier molecular flexibility index (Phi) is 5.09. The second-order valence-corrected chi connectivity index (χ2v) is 7.82. The first-order chi connectivity index (χ1) is 15.1. The monoisotopic (exact) mass is 436 g/mol. The first-order valence-electron chi connectivity index (χ1n) is 9.99. The predicted octanol–water partition coefficient (Wildman–Crippen LogP) is 3.51. The summed E-state index contributed by atoms with van der Waals surface area (Å²) in [6, 6.07) is 9.75. The fourth-order valence-corrected chi connectivity index (χ4v) is 4.06. The van der Waals surface area contributed by atoms with Crippen molar-refractivity contribution in [2.24, 2.45) is 0 Å². The van der Waals surface area contributed by atoms with Crippen molar-refractivity contribution in [2.75, 3.05) is 24.3 Å². The van der Waals surface area contributed by atoms with Gasteiger partial charge in [0.1, 0.15) is 10.8 Å². The molecule has 4 N–H and O–H groups in total. The van der Waals surface area contributed by atoms with Crippen LogP contribution in [0.1, 0.15) is 27.0 Å². The minimum Gasteiger partial charge on any atom is -0.495 e. The van der Waals surface area contributed by atoms with Crippen LogP contribution in [0.3, 0.4) is 0 Å². The molecule has 0 aliphatic carbocycles. The number of nitrogens with one attached hydrogen (secondary N) is 4. The van der Waals surface area contributed by atoms with Crippen LogP contribution in [-0.2, 0) is 19.5 Å². The zero-order valence-electron chi connectivity index (χ0n) is 16.9. The number of hydrogen-bond donors (Lipinski definition) is 4. The zero-order chi connectivity index (χ0) is 21.4. The highest BCUT2D eigenvalue weighted by molar-refractivity contribution is 6.33. The molecule has 1 amide bonds. The van der Waals surface area contributed by atoms with Crippen LogP contribution in [0.15, 0.2) is 36.5 Å². The highest BCUT2D eigenvalue weighted by Gasteiger charge is 2.23. The molecule has 3 heterocycles. The van der Waals surface area contributed by atoms with Crippen LogP contribution in [0.5, 0.6) is 5.75 Å². The molecule has 2 aliphatic rings. The van der Waals surface area contributed by atoms with Crippen molar-refractivity contribution < 1.29 is 9.53 Å². The molecule has 2 aromatic carbocycles. The number of rotatable bonds is 5. The lowest BCUT2D eigenvalue weighted by molar-refractivity contribution is 0.0966. The van der Waals surface area contributed by atoms with Crippen molar-refractivity contribution in [1.29, 1.82) is 0 Å². The number of carbonyl (C=O) groups is 1. The molecule has 0 saturated heterocycles. The summed E-state index contributed by atoms with van der Waals surface area (Å²) in [5.74, 6) is 1.39. The average Bonchev–Trinajstić information content (AvgIpc) is 3.17. The van der Waals surface area contributed by atoms with E-state index in [1.54, 1.807) is 7.11 Å². The number of halogens is 1. The molecule has 31 heavy (non-hydrogen) atoms. The predicted molar refractivity (Wildman–Crippen MR) is 120 cm³/mol.